The van der Waals surface area contributed by atoms with Crippen LogP contribution in [0.4, 0.5) is 5.69 Å². The fourth-order valence-corrected chi connectivity index (χ4v) is 2.04. The molecule has 0 radical (unpaired) electrons. The van der Waals surface area contributed by atoms with E-state index in [9.17, 15) is 9.59 Å². The maximum atomic E-state index is 12.3. The van der Waals surface area contributed by atoms with E-state index in [0.717, 1.165) is 0 Å². The third-order valence-corrected chi connectivity index (χ3v) is 3.06. The fraction of sp³-hybridized carbons (Fsp3) is 0.154. The number of ether oxygens (including phenoxy) is 1. The fourth-order valence-electron chi connectivity index (χ4n) is 1.87. The van der Waals surface area contributed by atoms with Crippen LogP contribution in [0.25, 0.3) is 0 Å². The second kappa shape index (κ2) is 5.84. The molecule has 0 aliphatic carbocycles. The normalized spacial score (nSPS) is 10.2. The van der Waals surface area contributed by atoms with E-state index in [4.69, 9.17) is 22.1 Å². The van der Waals surface area contributed by atoms with Crippen molar-refractivity contribution in [1.82, 2.24) is 9.78 Å². The molecule has 7 nitrogen and oxygen atoms in total. The second-order valence-corrected chi connectivity index (χ2v) is 4.63. The summed E-state index contributed by atoms with van der Waals surface area (Å²) in [5.41, 5.74) is 5.82. The van der Waals surface area contributed by atoms with Gasteiger partial charge in [-0.05, 0) is 18.2 Å². The lowest BCUT2D eigenvalue weighted by molar-refractivity contribution is 0.0992. The average Bonchev–Trinajstić information content (AvgIpc) is 2.79. The third kappa shape index (κ3) is 2.97. The Morgan fingerprint density at radius 1 is 1.43 bits per heavy atom. The summed E-state index contributed by atoms with van der Waals surface area (Å²) >= 11 is 5.88. The molecule has 0 aliphatic heterocycles. The molecular weight excluding hydrogens is 296 g/mol. The Hall–Kier alpha value is -2.54. The number of carbonyl (C=O) groups excluding carboxylic acids is 2. The topological polar surface area (TPSA) is 99.2 Å². The van der Waals surface area contributed by atoms with Crippen LogP contribution >= 0.6 is 11.6 Å². The van der Waals surface area contributed by atoms with Crippen LogP contribution in [-0.4, -0.2) is 28.7 Å². The molecule has 1 heterocycles. The standard InChI is InChI=1S/C13H13ClN4O3/c1-18-11(12(15)19)9(6-16-18)17-13(20)8-5-7(14)3-4-10(8)21-2/h3-6H,1-2H3,(H2,15,19)(H,17,20). The first kappa shape index (κ1) is 14.9. The van der Waals surface area contributed by atoms with Crippen molar-refractivity contribution in [2.24, 2.45) is 12.8 Å². The molecule has 0 aliphatic rings. The first-order chi connectivity index (χ1) is 9.93. The largest absolute Gasteiger partial charge is 0.496 e. The van der Waals surface area contributed by atoms with E-state index in [1.165, 1.54) is 24.1 Å². The van der Waals surface area contributed by atoms with Crippen LogP contribution in [0.15, 0.2) is 24.4 Å². The number of anilines is 1. The van der Waals surface area contributed by atoms with Crippen LogP contribution in [0, 0.1) is 0 Å². The molecule has 3 N–H and O–H groups in total. The molecule has 0 spiro atoms. The molecule has 8 heteroatoms. The number of rotatable bonds is 4. The van der Waals surface area contributed by atoms with E-state index in [1.54, 1.807) is 19.2 Å². The summed E-state index contributed by atoms with van der Waals surface area (Å²) in [5, 5.41) is 6.85. The smallest absolute Gasteiger partial charge is 0.269 e. The number of nitrogens with two attached hydrogens (primary N) is 1. The Kier molecular flexibility index (Phi) is 4.13. The van der Waals surface area contributed by atoms with Gasteiger partial charge < -0.3 is 15.8 Å². The highest BCUT2D eigenvalue weighted by atomic mass is 35.5. The Morgan fingerprint density at radius 3 is 2.76 bits per heavy atom. The van der Waals surface area contributed by atoms with Crippen molar-refractivity contribution < 1.29 is 14.3 Å². The predicted octanol–water partition coefficient (Wildman–Crippen LogP) is 1.43. The molecule has 1 aromatic carbocycles. The van der Waals surface area contributed by atoms with Crippen molar-refractivity contribution in [3.8, 4) is 5.75 Å². The number of nitrogens with zero attached hydrogens (tertiary/aromatic N) is 2. The monoisotopic (exact) mass is 308 g/mol. The Bertz CT molecular complexity index is 711. The molecule has 0 fully saturated rings. The lowest BCUT2D eigenvalue weighted by Crippen LogP contribution is -2.20. The van der Waals surface area contributed by atoms with Gasteiger partial charge in [0.15, 0.2) is 0 Å². The van der Waals surface area contributed by atoms with Crippen LogP contribution in [0.3, 0.4) is 0 Å². The van der Waals surface area contributed by atoms with Gasteiger partial charge in [0.2, 0.25) is 0 Å². The van der Waals surface area contributed by atoms with Crippen molar-refractivity contribution in [1.29, 1.82) is 0 Å². The lowest BCUT2D eigenvalue weighted by atomic mass is 10.2. The van der Waals surface area contributed by atoms with Gasteiger partial charge in [0, 0.05) is 12.1 Å². The van der Waals surface area contributed by atoms with Crippen molar-refractivity contribution in [2.45, 2.75) is 0 Å². The van der Waals surface area contributed by atoms with Gasteiger partial charge in [-0.25, -0.2) is 0 Å². The van der Waals surface area contributed by atoms with Crippen LogP contribution in [0.1, 0.15) is 20.8 Å². The number of carbonyl (C=O) groups is 2. The zero-order valence-electron chi connectivity index (χ0n) is 11.4. The van der Waals surface area contributed by atoms with Gasteiger partial charge in [0.25, 0.3) is 11.8 Å². The summed E-state index contributed by atoms with van der Waals surface area (Å²) in [6, 6.07) is 4.65. The van der Waals surface area contributed by atoms with E-state index >= 15 is 0 Å². The van der Waals surface area contributed by atoms with Gasteiger partial charge >= 0.3 is 0 Å². The number of methoxy groups -OCH3 is 1. The van der Waals surface area contributed by atoms with Crippen molar-refractivity contribution >= 4 is 29.1 Å². The Morgan fingerprint density at radius 2 is 2.14 bits per heavy atom. The quantitative estimate of drug-likeness (QED) is 0.892. The third-order valence-electron chi connectivity index (χ3n) is 2.83. The summed E-state index contributed by atoms with van der Waals surface area (Å²) in [5.74, 6) is -0.811. The average molecular weight is 309 g/mol. The Balaban J connectivity index is 2.35. The number of primary amides is 1. The number of benzene rings is 1. The van der Waals surface area contributed by atoms with Gasteiger partial charge in [-0.1, -0.05) is 11.6 Å². The van der Waals surface area contributed by atoms with E-state index in [1.807, 2.05) is 0 Å². The maximum absolute atomic E-state index is 12.3. The molecule has 2 rings (SSSR count). The van der Waals surface area contributed by atoms with Crippen LogP contribution in [0.2, 0.25) is 5.02 Å². The number of aryl methyl sites for hydroxylation is 1. The van der Waals surface area contributed by atoms with Gasteiger partial charge in [0.05, 0.1) is 24.6 Å². The van der Waals surface area contributed by atoms with Gasteiger partial charge in [-0.3, -0.25) is 14.3 Å². The SMILES string of the molecule is COc1ccc(Cl)cc1C(=O)Nc1cnn(C)c1C(N)=O. The van der Waals surface area contributed by atoms with Crippen LogP contribution in [-0.2, 0) is 7.05 Å². The first-order valence-corrected chi connectivity index (χ1v) is 6.28. The second-order valence-electron chi connectivity index (χ2n) is 4.19. The molecule has 0 atom stereocenters. The number of hydrogen-bond acceptors (Lipinski definition) is 4. The van der Waals surface area contributed by atoms with Gasteiger partial charge in [-0.2, -0.15) is 5.10 Å². The zero-order chi connectivity index (χ0) is 15.6. The van der Waals surface area contributed by atoms with Gasteiger partial charge in [0.1, 0.15) is 11.4 Å². The zero-order valence-corrected chi connectivity index (χ0v) is 12.1. The molecular formula is C13H13ClN4O3. The van der Waals surface area contributed by atoms with E-state index in [-0.39, 0.29) is 16.9 Å². The van der Waals surface area contributed by atoms with Crippen LogP contribution in [0.5, 0.6) is 5.75 Å². The molecule has 0 unspecified atom stereocenters. The van der Waals surface area contributed by atoms with Crippen molar-refractivity contribution in [3.05, 3.63) is 40.7 Å². The predicted molar refractivity (Wildman–Crippen MR) is 77.7 cm³/mol. The highest BCUT2D eigenvalue weighted by molar-refractivity contribution is 6.31. The minimum Gasteiger partial charge on any atom is -0.496 e. The van der Waals surface area contributed by atoms with Crippen LogP contribution < -0.4 is 15.8 Å². The van der Waals surface area contributed by atoms with E-state index in [2.05, 4.69) is 10.4 Å². The molecule has 0 bridgehead atoms. The lowest BCUT2D eigenvalue weighted by Gasteiger charge is -2.09. The summed E-state index contributed by atoms with van der Waals surface area (Å²) in [7, 11) is 2.99. The van der Waals surface area contributed by atoms with E-state index < -0.39 is 11.8 Å². The van der Waals surface area contributed by atoms with Crippen molar-refractivity contribution in [2.75, 3.05) is 12.4 Å². The van der Waals surface area contributed by atoms with E-state index in [0.29, 0.717) is 10.8 Å². The molecule has 110 valence electrons. The number of aromatic nitrogens is 2. The first-order valence-electron chi connectivity index (χ1n) is 5.90. The molecule has 0 saturated carbocycles. The molecule has 2 amide bonds. The van der Waals surface area contributed by atoms with Gasteiger partial charge in [-0.15, -0.1) is 0 Å². The summed E-state index contributed by atoms with van der Waals surface area (Å²) < 4.78 is 6.40. The highest BCUT2D eigenvalue weighted by Gasteiger charge is 2.19. The maximum Gasteiger partial charge on any atom is 0.269 e. The van der Waals surface area contributed by atoms with Crippen molar-refractivity contribution in [3.63, 3.8) is 0 Å². The summed E-state index contributed by atoms with van der Waals surface area (Å²) in [6.45, 7) is 0. The highest BCUT2D eigenvalue weighted by Crippen LogP contribution is 2.24. The minimum absolute atomic E-state index is 0.101. The number of halogens is 1. The molecule has 1 aromatic heterocycles. The molecule has 0 saturated heterocycles. The Labute approximate surface area is 125 Å². The number of hydrogen-bond donors (Lipinski definition) is 2. The molecule has 2 aromatic rings. The summed E-state index contributed by atoms with van der Waals surface area (Å²) in [4.78, 5) is 23.7. The number of amides is 2. The minimum atomic E-state index is -0.691. The molecule has 21 heavy (non-hydrogen) atoms. The summed E-state index contributed by atoms with van der Waals surface area (Å²) in [6.07, 6.45) is 1.34. The number of nitrogens with one attached hydrogen (secondary N) is 1.